The number of unbranched alkanes of at least 4 members (excludes halogenated alkanes) is 39. The molecule has 7 atom stereocenters. The van der Waals surface area contributed by atoms with Gasteiger partial charge < -0.3 is 33.8 Å². The Hall–Kier alpha value is -1.94. The average Bonchev–Trinajstić information content (AvgIpc) is 3.73. The van der Waals surface area contributed by atoms with Gasteiger partial charge in [0.25, 0.3) is 0 Å². The number of hydrogen-bond donors (Lipinski definition) is 3. The Bertz CT molecular complexity index is 1770. The van der Waals surface area contributed by atoms with Gasteiger partial charge in [-0.15, -0.1) is 0 Å². The second-order valence-electron chi connectivity index (χ2n) is 26.5. The van der Waals surface area contributed by atoms with Gasteiger partial charge in [0.15, 0.2) is 12.2 Å². The molecule has 0 heterocycles. The summed E-state index contributed by atoms with van der Waals surface area (Å²) in [7, 11) is -9.90. The number of aliphatic hydroxyl groups excluding tert-OH is 1. The first kappa shape index (κ1) is 89.1. The summed E-state index contributed by atoms with van der Waals surface area (Å²) in [6, 6.07) is 0. The molecule has 0 fully saturated rings. The fourth-order valence-corrected chi connectivity index (χ4v) is 12.5. The number of rotatable bonds is 71. The first-order valence-electron chi connectivity index (χ1n) is 37.6. The molecule has 0 aliphatic carbocycles. The standard InChI is InChI=1S/C72H140O17P2/c1-7-11-13-15-17-19-20-21-22-23-24-25-26-27-29-38-44-50-56-71(76)88-67(61-83-70(75)55-49-43-37-32-30-34-40-46-52-64(5)9-3)62-86-90(78,79)84-58-66(73)59-85-91(80,81)87-63-68(60-82-69(74)54-48-42-36-28-18-16-14-12-8-2)89-72(77)57-51-45-39-33-31-35-41-47-53-65(6)10-4/h64-68,73H,7-63H2,1-6H3,(H,78,79)(H,80,81)/t64?,65?,66-,67-,68-/m1/s1. The van der Waals surface area contributed by atoms with Crippen LogP contribution in [-0.4, -0.2) is 96.7 Å². The minimum absolute atomic E-state index is 0.105. The van der Waals surface area contributed by atoms with Crippen molar-refractivity contribution < 1.29 is 80.2 Å². The molecule has 0 radical (unpaired) electrons. The molecule has 0 aliphatic heterocycles. The van der Waals surface area contributed by atoms with Gasteiger partial charge in [0.2, 0.25) is 0 Å². The molecule has 0 spiro atoms. The summed E-state index contributed by atoms with van der Waals surface area (Å²) in [4.78, 5) is 72.6. The van der Waals surface area contributed by atoms with E-state index in [0.717, 1.165) is 102 Å². The van der Waals surface area contributed by atoms with Crippen LogP contribution in [0.15, 0.2) is 0 Å². The summed E-state index contributed by atoms with van der Waals surface area (Å²) in [5.41, 5.74) is 0. The summed E-state index contributed by atoms with van der Waals surface area (Å²) in [5, 5.41) is 10.6. The van der Waals surface area contributed by atoms with Gasteiger partial charge in [0.05, 0.1) is 26.4 Å². The number of hydrogen-bond acceptors (Lipinski definition) is 15. The maximum atomic E-state index is 13.0. The van der Waals surface area contributed by atoms with E-state index in [-0.39, 0.29) is 25.7 Å². The first-order valence-corrected chi connectivity index (χ1v) is 40.6. The number of phosphoric ester groups is 2. The van der Waals surface area contributed by atoms with Gasteiger partial charge in [0.1, 0.15) is 19.3 Å². The van der Waals surface area contributed by atoms with E-state index in [9.17, 15) is 43.2 Å². The predicted molar refractivity (Wildman–Crippen MR) is 368 cm³/mol. The second-order valence-corrected chi connectivity index (χ2v) is 29.4. The third-order valence-electron chi connectivity index (χ3n) is 17.4. The predicted octanol–water partition coefficient (Wildman–Crippen LogP) is 20.8. The van der Waals surface area contributed by atoms with E-state index in [1.54, 1.807) is 0 Å². The minimum atomic E-state index is -4.95. The van der Waals surface area contributed by atoms with Crippen LogP contribution in [0.3, 0.4) is 0 Å². The van der Waals surface area contributed by atoms with Crippen molar-refractivity contribution in [2.75, 3.05) is 39.6 Å². The van der Waals surface area contributed by atoms with Gasteiger partial charge >= 0.3 is 39.5 Å². The second kappa shape index (κ2) is 64.1. The molecule has 0 aliphatic rings. The van der Waals surface area contributed by atoms with Gasteiger partial charge in [-0.3, -0.25) is 37.3 Å². The Morgan fingerprint density at radius 1 is 0.308 bits per heavy atom. The van der Waals surface area contributed by atoms with Gasteiger partial charge in [-0.1, -0.05) is 318 Å². The van der Waals surface area contributed by atoms with Crippen LogP contribution >= 0.6 is 15.6 Å². The van der Waals surface area contributed by atoms with Crippen LogP contribution in [0.5, 0.6) is 0 Å². The highest BCUT2D eigenvalue weighted by atomic mass is 31.2. The molecule has 19 heteroatoms. The zero-order valence-corrected chi connectivity index (χ0v) is 60.9. The Morgan fingerprint density at radius 2 is 0.527 bits per heavy atom. The Morgan fingerprint density at radius 3 is 0.780 bits per heavy atom. The summed E-state index contributed by atoms with van der Waals surface area (Å²) >= 11 is 0. The number of carbonyl (C=O) groups excluding carboxylic acids is 4. The zero-order valence-electron chi connectivity index (χ0n) is 59.1. The molecule has 0 aromatic rings. The quantitative estimate of drug-likeness (QED) is 0.0222. The topological polar surface area (TPSA) is 237 Å². The fraction of sp³-hybridized carbons (Fsp3) is 0.944. The lowest BCUT2D eigenvalue weighted by Crippen LogP contribution is -2.30. The smallest absolute Gasteiger partial charge is 0.462 e. The van der Waals surface area contributed by atoms with Gasteiger partial charge in [-0.05, 0) is 37.5 Å². The van der Waals surface area contributed by atoms with Crippen molar-refractivity contribution in [3.63, 3.8) is 0 Å². The lowest BCUT2D eigenvalue weighted by Gasteiger charge is -2.21. The lowest BCUT2D eigenvalue weighted by molar-refractivity contribution is -0.161. The maximum Gasteiger partial charge on any atom is 0.472 e. The molecule has 4 unspecified atom stereocenters. The number of aliphatic hydroxyl groups is 1. The van der Waals surface area contributed by atoms with Crippen LogP contribution < -0.4 is 0 Å². The monoisotopic (exact) mass is 1340 g/mol. The van der Waals surface area contributed by atoms with Crippen LogP contribution in [-0.2, 0) is 65.4 Å². The SMILES string of the molecule is CCCCCCCCCCCCCCCCCCCCC(=O)O[C@H](COC(=O)CCCCCCCCCCC(C)CC)COP(=O)(O)OC[C@@H](O)COP(=O)(O)OC[C@@H](COC(=O)CCCCCCCCCCC)OC(=O)CCCCCCCCCCC(C)CC. The Balaban J connectivity index is 5.23. The molecular weight excluding hydrogens is 1200 g/mol. The van der Waals surface area contributed by atoms with Crippen molar-refractivity contribution >= 4 is 39.5 Å². The van der Waals surface area contributed by atoms with Gasteiger partial charge in [-0.2, -0.15) is 0 Å². The van der Waals surface area contributed by atoms with Crippen LogP contribution in [0.25, 0.3) is 0 Å². The molecule has 0 amide bonds. The molecule has 540 valence electrons. The van der Waals surface area contributed by atoms with Crippen molar-refractivity contribution in [2.45, 2.75) is 387 Å². The summed E-state index contributed by atoms with van der Waals surface area (Å²) < 4.78 is 68.3. The van der Waals surface area contributed by atoms with Gasteiger partial charge in [-0.25, -0.2) is 9.13 Å². The molecular formula is C72H140O17P2. The van der Waals surface area contributed by atoms with E-state index in [0.29, 0.717) is 25.7 Å². The highest BCUT2D eigenvalue weighted by Crippen LogP contribution is 2.45. The zero-order chi connectivity index (χ0) is 67.2. The maximum absolute atomic E-state index is 13.0. The Labute approximate surface area is 556 Å². The largest absolute Gasteiger partial charge is 0.472 e. The molecule has 17 nitrogen and oxygen atoms in total. The highest BCUT2D eigenvalue weighted by Gasteiger charge is 2.30. The van der Waals surface area contributed by atoms with E-state index in [1.807, 2.05) is 0 Å². The van der Waals surface area contributed by atoms with Gasteiger partial charge in [0, 0.05) is 25.7 Å². The third kappa shape index (κ3) is 63.9. The van der Waals surface area contributed by atoms with Crippen molar-refractivity contribution in [3.05, 3.63) is 0 Å². The van der Waals surface area contributed by atoms with E-state index < -0.39 is 97.5 Å². The van der Waals surface area contributed by atoms with Crippen LogP contribution in [0, 0.1) is 11.8 Å². The van der Waals surface area contributed by atoms with Crippen molar-refractivity contribution in [2.24, 2.45) is 11.8 Å². The van der Waals surface area contributed by atoms with Crippen LogP contribution in [0.4, 0.5) is 0 Å². The molecule has 0 aromatic heterocycles. The molecule has 3 N–H and O–H groups in total. The molecule has 0 saturated carbocycles. The molecule has 0 rings (SSSR count). The number of ether oxygens (including phenoxy) is 4. The van der Waals surface area contributed by atoms with E-state index in [2.05, 4.69) is 41.5 Å². The number of esters is 4. The fourth-order valence-electron chi connectivity index (χ4n) is 10.9. The summed E-state index contributed by atoms with van der Waals surface area (Å²) in [6.45, 7) is 9.55. The van der Waals surface area contributed by atoms with Crippen molar-refractivity contribution in [1.82, 2.24) is 0 Å². The number of phosphoric acid groups is 2. The number of carbonyl (C=O) groups is 4. The van der Waals surface area contributed by atoms with E-state index >= 15 is 0 Å². The molecule has 91 heavy (non-hydrogen) atoms. The molecule has 0 saturated heterocycles. The van der Waals surface area contributed by atoms with Crippen LogP contribution in [0.1, 0.15) is 369 Å². The van der Waals surface area contributed by atoms with E-state index in [4.69, 9.17) is 37.0 Å². The summed E-state index contributed by atoms with van der Waals surface area (Å²) in [6.07, 6.45) is 49.9. The minimum Gasteiger partial charge on any atom is -0.462 e. The Kier molecular flexibility index (Phi) is 62.7. The first-order chi connectivity index (χ1) is 43.9. The lowest BCUT2D eigenvalue weighted by atomic mass is 9.99. The van der Waals surface area contributed by atoms with E-state index in [1.165, 1.54) is 186 Å². The normalized spacial score (nSPS) is 14.7. The molecule has 0 bridgehead atoms. The van der Waals surface area contributed by atoms with Crippen molar-refractivity contribution in [1.29, 1.82) is 0 Å². The van der Waals surface area contributed by atoms with Crippen LogP contribution in [0.2, 0.25) is 0 Å². The highest BCUT2D eigenvalue weighted by molar-refractivity contribution is 7.47. The molecule has 0 aromatic carbocycles. The summed E-state index contributed by atoms with van der Waals surface area (Å²) in [5.74, 6) is -0.577. The third-order valence-corrected chi connectivity index (χ3v) is 19.3. The average molecular weight is 1340 g/mol. The van der Waals surface area contributed by atoms with Crippen molar-refractivity contribution in [3.8, 4) is 0 Å².